The Morgan fingerprint density at radius 2 is 0.800 bits per heavy atom. The second kappa shape index (κ2) is 14.4. The Kier molecular flexibility index (Phi) is 8.75. The number of rotatable bonds is 7. The molecule has 316 valence electrons. The molecule has 1 unspecified atom stereocenters. The lowest BCUT2D eigenvalue weighted by molar-refractivity contribution is 0.415. The van der Waals surface area contributed by atoms with Gasteiger partial charge in [-0.25, -0.2) is 0 Å². The molecular formula is C63H54N2. The molecule has 4 aliphatic rings. The molecule has 0 bridgehead atoms. The van der Waals surface area contributed by atoms with E-state index >= 15 is 0 Å². The molecule has 0 saturated heterocycles. The average molecular weight is 839 g/mol. The van der Waals surface area contributed by atoms with E-state index in [1.54, 1.807) is 0 Å². The molecule has 0 saturated carbocycles. The zero-order valence-corrected chi connectivity index (χ0v) is 38.2. The number of anilines is 6. The van der Waals surface area contributed by atoms with E-state index < -0.39 is 0 Å². The number of nitrogens with zero attached hydrogens (tertiary/aromatic N) is 2. The maximum atomic E-state index is 2.50. The Morgan fingerprint density at radius 3 is 1.35 bits per heavy atom. The van der Waals surface area contributed by atoms with Crippen molar-refractivity contribution in [1.29, 1.82) is 0 Å². The van der Waals surface area contributed by atoms with Crippen LogP contribution in [0.2, 0.25) is 0 Å². The van der Waals surface area contributed by atoms with Crippen LogP contribution in [-0.2, 0) is 16.2 Å². The monoisotopic (exact) mass is 838 g/mol. The highest BCUT2D eigenvalue weighted by molar-refractivity contribution is 5.90. The topological polar surface area (TPSA) is 6.48 Å². The fraction of sp³-hybridized carbons (Fsp3) is 0.175. The van der Waals surface area contributed by atoms with E-state index in [2.05, 4.69) is 252 Å². The Hall–Kier alpha value is -7.16. The summed E-state index contributed by atoms with van der Waals surface area (Å²) in [5, 5.41) is 0. The summed E-state index contributed by atoms with van der Waals surface area (Å²) in [7, 11) is 0. The lowest BCUT2D eigenvalue weighted by Gasteiger charge is -2.31. The zero-order chi connectivity index (χ0) is 44.2. The number of hydrogen-bond acceptors (Lipinski definition) is 2. The van der Waals surface area contributed by atoms with Crippen LogP contribution in [-0.4, -0.2) is 0 Å². The Balaban J connectivity index is 0.982. The van der Waals surface area contributed by atoms with Crippen molar-refractivity contribution in [2.45, 2.75) is 64.2 Å². The van der Waals surface area contributed by atoms with E-state index in [9.17, 15) is 0 Å². The summed E-state index contributed by atoms with van der Waals surface area (Å²) in [6.45, 7) is 14.4. The number of para-hydroxylation sites is 1. The van der Waals surface area contributed by atoms with E-state index in [0.29, 0.717) is 5.92 Å². The van der Waals surface area contributed by atoms with E-state index in [-0.39, 0.29) is 16.2 Å². The molecule has 2 heteroatoms. The van der Waals surface area contributed by atoms with Gasteiger partial charge in [-0.2, -0.15) is 0 Å². The van der Waals surface area contributed by atoms with Crippen LogP contribution in [0.3, 0.4) is 0 Å². The van der Waals surface area contributed by atoms with Gasteiger partial charge in [-0.05, 0) is 163 Å². The molecule has 0 fully saturated rings. The predicted molar refractivity (Wildman–Crippen MR) is 275 cm³/mol. The molecule has 65 heavy (non-hydrogen) atoms. The van der Waals surface area contributed by atoms with E-state index in [0.717, 1.165) is 29.2 Å². The molecule has 1 atom stereocenters. The summed E-state index contributed by atoms with van der Waals surface area (Å²) in [5.41, 5.74) is 24.2. The fourth-order valence-electron chi connectivity index (χ4n) is 12.0. The fourth-order valence-corrected chi connectivity index (χ4v) is 12.0. The molecular weight excluding hydrogens is 785 g/mol. The van der Waals surface area contributed by atoms with Gasteiger partial charge in [0.2, 0.25) is 0 Å². The molecule has 0 aromatic heterocycles. The molecule has 0 aliphatic heterocycles. The number of fused-ring (bicyclic) bond motifs is 9. The summed E-state index contributed by atoms with van der Waals surface area (Å²) in [5.74, 6) is 0.483. The van der Waals surface area contributed by atoms with Gasteiger partial charge >= 0.3 is 0 Å². The SMILES string of the molecule is CC1(C)c2ccccc2-c2ccc(N(c3ccccc3)c3cccc(-c4cccc(N(c5ccc6c(c5)C(C)(C)c5ccccc5-6)c5ccc6c(c5)C(C)(C)C5CC=CC=C65)c4)c3)cc21. The van der Waals surface area contributed by atoms with Gasteiger partial charge in [-0.15, -0.1) is 0 Å². The lowest BCUT2D eigenvalue weighted by Crippen LogP contribution is -2.24. The first-order valence-electron chi connectivity index (χ1n) is 23.4. The minimum atomic E-state index is -0.117. The first kappa shape index (κ1) is 39.4. The summed E-state index contributed by atoms with van der Waals surface area (Å²) < 4.78 is 0. The van der Waals surface area contributed by atoms with Gasteiger partial charge in [0.05, 0.1) is 0 Å². The highest BCUT2D eigenvalue weighted by Gasteiger charge is 2.43. The number of hydrogen-bond donors (Lipinski definition) is 0. The molecule has 0 radical (unpaired) electrons. The molecule has 0 amide bonds. The third kappa shape index (κ3) is 6.00. The van der Waals surface area contributed by atoms with Crippen LogP contribution in [0, 0.1) is 5.92 Å². The molecule has 12 rings (SSSR count). The predicted octanol–water partition coefficient (Wildman–Crippen LogP) is 17.2. The smallest absolute Gasteiger partial charge is 0.0467 e. The van der Waals surface area contributed by atoms with Crippen molar-refractivity contribution in [3.8, 4) is 33.4 Å². The number of benzene rings is 8. The minimum absolute atomic E-state index is 0.0145. The quantitative estimate of drug-likeness (QED) is 0.158. The van der Waals surface area contributed by atoms with Gasteiger partial charge in [0.15, 0.2) is 0 Å². The van der Waals surface area contributed by atoms with Crippen molar-refractivity contribution < 1.29 is 0 Å². The third-order valence-corrected chi connectivity index (χ3v) is 15.5. The summed E-state index contributed by atoms with van der Waals surface area (Å²) >= 11 is 0. The van der Waals surface area contributed by atoms with Crippen LogP contribution >= 0.6 is 0 Å². The highest BCUT2D eigenvalue weighted by atomic mass is 15.1. The summed E-state index contributed by atoms with van der Waals surface area (Å²) in [6.07, 6.45) is 8.01. The molecule has 4 aliphatic carbocycles. The van der Waals surface area contributed by atoms with Crippen molar-refractivity contribution in [3.63, 3.8) is 0 Å². The third-order valence-electron chi connectivity index (χ3n) is 15.5. The van der Waals surface area contributed by atoms with Gasteiger partial charge in [-0.1, -0.05) is 169 Å². The van der Waals surface area contributed by atoms with E-state index in [1.165, 1.54) is 83.7 Å². The van der Waals surface area contributed by atoms with Crippen molar-refractivity contribution in [2.24, 2.45) is 5.92 Å². The van der Waals surface area contributed by atoms with Gasteiger partial charge in [0.25, 0.3) is 0 Å². The Morgan fingerprint density at radius 1 is 0.369 bits per heavy atom. The van der Waals surface area contributed by atoms with E-state index in [4.69, 9.17) is 0 Å². The maximum Gasteiger partial charge on any atom is 0.0467 e. The lowest BCUT2D eigenvalue weighted by atomic mass is 9.75. The second-order valence-electron chi connectivity index (χ2n) is 20.2. The molecule has 0 N–H and O–H groups in total. The standard InChI is InChI=1S/C63H54N2/c1-61(2)55-27-13-10-24-49(55)52-33-30-46(38-58(52)61)64(43-20-8-7-9-21-43)44-22-16-18-41(36-44)42-19-17-23-45(37-42)65(47-31-34-53-50-25-11-14-28-56(50)62(3,4)59(53)39-47)48-32-35-54-51-26-12-15-29-57(51)63(5,6)60(54)40-48/h7-28,30-40,57H,29H2,1-6H3. The van der Waals surface area contributed by atoms with Crippen LogP contribution in [0.1, 0.15) is 81.3 Å². The summed E-state index contributed by atoms with van der Waals surface area (Å²) in [6, 6.07) is 68.3. The summed E-state index contributed by atoms with van der Waals surface area (Å²) in [4.78, 5) is 4.91. The normalized spacial score (nSPS) is 17.3. The maximum absolute atomic E-state index is 2.50. The Labute approximate surface area is 384 Å². The zero-order valence-electron chi connectivity index (χ0n) is 38.2. The van der Waals surface area contributed by atoms with Gasteiger partial charge in [0, 0.05) is 45.0 Å². The van der Waals surface area contributed by atoms with Gasteiger partial charge in [-0.3, -0.25) is 0 Å². The second-order valence-corrected chi connectivity index (χ2v) is 20.2. The first-order valence-corrected chi connectivity index (χ1v) is 23.4. The van der Waals surface area contributed by atoms with Crippen molar-refractivity contribution in [1.82, 2.24) is 0 Å². The van der Waals surface area contributed by atoms with Crippen LogP contribution in [0.5, 0.6) is 0 Å². The van der Waals surface area contributed by atoms with Crippen molar-refractivity contribution >= 4 is 39.7 Å². The van der Waals surface area contributed by atoms with Crippen LogP contribution in [0.15, 0.2) is 200 Å². The van der Waals surface area contributed by atoms with Crippen LogP contribution in [0.4, 0.5) is 34.1 Å². The molecule has 0 spiro atoms. The van der Waals surface area contributed by atoms with Crippen LogP contribution in [0.25, 0.3) is 39.0 Å². The number of allylic oxidation sites excluding steroid dienone is 4. The van der Waals surface area contributed by atoms with Crippen molar-refractivity contribution in [3.05, 3.63) is 234 Å². The molecule has 2 nitrogen and oxygen atoms in total. The first-order chi connectivity index (χ1) is 31.5. The molecule has 8 aromatic carbocycles. The van der Waals surface area contributed by atoms with Gasteiger partial charge in [0.1, 0.15) is 0 Å². The minimum Gasteiger partial charge on any atom is -0.310 e. The molecule has 8 aromatic rings. The average Bonchev–Trinajstić information content (AvgIpc) is 3.81. The Bertz CT molecular complexity index is 3290. The van der Waals surface area contributed by atoms with E-state index in [1.807, 2.05) is 0 Å². The van der Waals surface area contributed by atoms with Crippen LogP contribution < -0.4 is 9.80 Å². The van der Waals surface area contributed by atoms with Gasteiger partial charge < -0.3 is 9.80 Å². The molecule has 0 heterocycles. The van der Waals surface area contributed by atoms with Crippen molar-refractivity contribution in [2.75, 3.05) is 9.80 Å². The largest absolute Gasteiger partial charge is 0.310 e. The highest BCUT2D eigenvalue weighted by Crippen LogP contribution is 2.56.